The number of aromatic nitrogens is 2. The molecule has 2 heterocycles. The molecule has 1 N–H and O–H groups in total. The van der Waals surface area contributed by atoms with Crippen molar-refractivity contribution in [1.29, 1.82) is 0 Å². The lowest BCUT2D eigenvalue weighted by atomic mass is 10.4. The number of hydrogen-bond donors (Lipinski definition) is 1. The van der Waals surface area contributed by atoms with E-state index in [4.69, 9.17) is 11.6 Å². The Bertz CT molecular complexity index is 435. The fourth-order valence-corrected chi connectivity index (χ4v) is 2.48. The average Bonchev–Trinajstić information content (AvgIpc) is 2.78. The van der Waals surface area contributed by atoms with Gasteiger partial charge in [-0.15, -0.1) is 11.3 Å². The zero-order valence-electron chi connectivity index (χ0n) is 8.40. The highest BCUT2D eigenvalue weighted by Crippen LogP contribution is 2.22. The van der Waals surface area contributed by atoms with E-state index in [1.807, 2.05) is 31.7 Å². The lowest BCUT2D eigenvalue weighted by Crippen LogP contribution is -2.05. The van der Waals surface area contributed by atoms with E-state index in [2.05, 4.69) is 14.9 Å². The van der Waals surface area contributed by atoms with Gasteiger partial charge in [-0.2, -0.15) is 0 Å². The molecule has 0 saturated carbocycles. The second kappa shape index (κ2) is 4.79. The van der Waals surface area contributed by atoms with E-state index < -0.39 is 0 Å². The molecule has 0 amide bonds. The van der Waals surface area contributed by atoms with Gasteiger partial charge in [-0.1, -0.05) is 11.6 Å². The van der Waals surface area contributed by atoms with Crippen LogP contribution in [0.15, 0.2) is 24.7 Å². The molecular weight excluding hydrogens is 230 g/mol. The molecule has 2 aromatic rings. The molecule has 3 nitrogen and oxygen atoms in total. The van der Waals surface area contributed by atoms with Crippen molar-refractivity contribution < 1.29 is 0 Å². The van der Waals surface area contributed by atoms with Gasteiger partial charge < -0.3 is 9.88 Å². The van der Waals surface area contributed by atoms with Gasteiger partial charge in [0.25, 0.3) is 0 Å². The van der Waals surface area contributed by atoms with Gasteiger partial charge in [0.05, 0.1) is 22.9 Å². The first-order valence-corrected chi connectivity index (χ1v) is 5.87. The number of hydrogen-bond acceptors (Lipinski definition) is 3. The van der Waals surface area contributed by atoms with Crippen molar-refractivity contribution in [3.8, 4) is 0 Å². The number of halogens is 1. The minimum Gasteiger partial charge on any atom is -0.332 e. The molecule has 0 fully saturated rings. The molecule has 0 spiro atoms. The summed E-state index contributed by atoms with van der Waals surface area (Å²) in [6.45, 7) is 1.65. The van der Waals surface area contributed by atoms with E-state index in [0.717, 1.165) is 23.1 Å². The van der Waals surface area contributed by atoms with E-state index in [0.29, 0.717) is 0 Å². The van der Waals surface area contributed by atoms with Crippen molar-refractivity contribution in [3.63, 3.8) is 0 Å². The summed E-state index contributed by atoms with van der Waals surface area (Å²) in [5.41, 5.74) is 1.06. The van der Waals surface area contributed by atoms with Crippen molar-refractivity contribution in [2.45, 2.75) is 13.1 Å². The second-order valence-electron chi connectivity index (χ2n) is 3.27. The summed E-state index contributed by atoms with van der Waals surface area (Å²) in [5, 5.41) is 3.07. The van der Waals surface area contributed by atoms with Crippen LogP contribution in [0.4, 0.5) is 0 Å². The first-order chi connectivity index (χ1) is 7.28. The molecule has 2 rings (SSSR count). The Morgan fingerprint density at radius 1 is 1.53 bits per heavy atom. The van der Waals surface area contributed by atoms with Gasteiger partial charge in [-0.05, 0) is 19.2 Å². The fourth-order valence-electron chi connectivity index (χ4n) is 1.38. The highest BCUT2D eigenvalue weighted by Gasteiger charge is 2.01. The summed E-state index contributed by atoms with van der Waals surface area (Å²) < 4.78 is 2.90. The SMILES string of the molecule is CNCc1cn(Cc2ccc(Cl)s2)cn1. The van der Waals surface area contributed by atoms with Crippen LogP contribution in [0.2, 0.25) is 4.34 Å². The maximum atomic E-state index is 5.87. The van der Waals surface area contributed by atoms with Crippen molar-refractivity contribution in [2.75, 3.05) is 7.05 Å². The van der Waals surface area contributed by atoms with E-state index >= 15 is 0 Å². The molecule has 2 aromatic heterocycles. The Balaban J connectivity index is 2.04. The third-order valence-corrected chi connectivity index (χ3v) is 3.23. The van der Waals surface area contributed by atoms with Crippen LogP contribution in [0.1, 0.15) is 10.6 Å². The molecule has 0 aliphatic rings. The van der Waals surface area contributed by atoms with Gasteiger partial charge in [0.1, 0.15) is 0 Å². The van der Waals surface area contributed by atoms with Crippen LogP contribution in [-0.4, -0.2) is 16.6 Å². The van der Waals surface area contributed by atoms with Crippen LogP contribution in [0.25, 0.3) is 0 Å². The smallest absolute Gasteiger partial charge is 0.0953 e. The van der Waals surface area contributed by atoms with Gasteiger partial charge in [0.15, 0.2) is 0 Å². The normalized spacial score (nSPS) is 10.8. The van der Waals surface area contributed by atoms with Gasteiger partial charge in [-0.3, -0.25) is 0 Å². The van der Waals surface area contributed by atoms with Crippen LogP contribution in [-0.2, 0) is 13.1 Å². The molecular formula is C10H12ClN3S. The molecule has 0 bridgehead atoms. The molecule has 0 atom stereocenters. The van der Waals surface area contributed by atoms with Gasteiger partial charge in [0.2, 0.25) is 0 Å². The van der Waals surface area contributed by atoms with E-state index in [1.165, 1.54) is 4.88 Å². The van der Waals surface area contributed by atoms with Crippen LogP contribution >= 0.6 is 22.9 Å². The maximum Gasteiger partial charge on any atom is 0.0953 e. The van der Waals surface area contributed by atoms with E-state index in [9.17, 15) is 0 Å². The monoisotopic (exact) mass is 241 g/mol. The summed E-state index contributed by atoms with van der Waals surface area (Å²) in [4.78, 5) is 5.52. The molecule has 0 unspecified atom stereocenters. The lowest BCUT2D eigenvalue weighted by molar-refractivity contribution is 0.787. The number of imidazole rings is 1. The first-order valence-electron chi connectivity index (χ1n) is 4.67. The summed E-state index contributed by atoms with van der Waals surface area (Å²) in [6, 6.07) is 3.97. The molecule has 80 valence electrons. The van der Waals surface area contributed by atoms with E-state index in [1.54, 1.807) is 11.3 Å². The largest absolute Gasteiger partial charge is 0.332 e. The average molecular weight is 242 g/mol. The molecule has 5 heteroatoms. The van der Waals surface area contributed by atoms with Crippen LogP contribution in [0, 0.1) is 0 Å². The van der Waals surface area contributed by atoms with Crippen LogP contribution in [0.3, 0.4) is 0 Å². The number of nitrogens with zero attached hydrogens (tertiary/aromatic N) is 2. The first kappa shape index (κ1) is 10.7. The quantitative estimate of drug-likeness (QED) is 0.891. The zero-order valence-corrected chi connectivity index (χ0v) is 9.98. The van der Waals surface area contributed by atoms with Crippen LogP contribution in [0.5, 0.6) is 0 Å². The summed E-state index contributed by atoms with van der Waals surface area (Å²) in [5.74, 6) is 0. The number of rotatable bonds is 4. The summed E-state index contributed by atoms with van der Waals surface area (Å²) in [6.07, 6.45) is 3.89. The van der Waals surface area contributed by atoms with Crippen LogP contribution < -0.4 is 5.32 Å². The van der Waals surface area contributed by atoms with Crippen molar-refractivity contribution in [1.82, 2.24) is 14.9 Å². The van der Waals surface area contributed by atoms with Crippen molar-refractivity contribution in [2.24, 2.45) is 0 Å². The molecule has 0 aliphatic heterocycles. The third kappa shape index (κ3) is 2.81. The molecule has 0 radical (unpaired) electrons. The predicted octanol–water partition coefficient (Wildman–Crippen LogP) is 2.37. The minimum atomic E-state index is 0.804. The summed E-state index contributed by atoms with van der Waals surface area (Å²) >= 11 is 7.47. The second-order valence-corrected chi connectivity index (χ2v) is 5.07. The Hall–Kier alpha value is -0.840. The number of nitrogens with one attached hydrogen (secondary N) is 1. The highest BCUT2D eigenvalue weighted by molar-refractivity contribution is 7.16. The van der Waals surface area contributed by atoms with Crippen molar-refractivity contribution >= 4 is 22.9 Å². The van der Waals surface area contributed by atoms with Gasteiger partial charge >= 0.3 is 0 Å². The predicted molar refractivity (Wildman–Crippen MR) is 63.4 cm³/mol. The molecule has 15 heavy (non-hydrogen) atoms. The minimum absolute atomic E-state index is 0.804. The molecule has 0 aliphatic carbocycles. The Morgan fingerprint density at radius 2 is 2.40 bits per heavy atom. The topological polar surface area (TPSA) is 29.9 Å². The van der Waals surface area contributed by atoms with Gasteiger partial charge in [0, 0.05) is 17.6 Å². The summed E-state index contributed by atoms with van der Waals surface area (Å²) in [7, 11) is 1.91. The fraction of sp³-hybridized carbons (Fsp3) is 0.300. The molecule has 0 aromatic carbocycles. The Morgan fingerprint density at radius 3 is 3.07 bits per heavy atom. The molecule has 0 saturated heterocycles. The highest BCUT2D eigenvalue weighted by atomic mass is 35.5. The van der Waals surface area contributed by atoms with E-state index in [-0.39, 0.29) is 0 Å². The maximum absolute atomic E-state index is 5.87. The number of thiophene rings is 1. The Kier molecular flexibility index (Phi) is 3.41. The Labute approximate surface area is 97.7 Å². The lowest BCUT2D eigenvalue weighted by Gasteiger charge is -1.97. The van der Waals surface area contributed by atoms with Gasteiger partial charge in [-0.25, -0.2) is 4.98 Å². The third-order valence-electron chi connectivity index (χ3n) is 2.01. The standard InChI is InChI=1S/C10H12ClN3S/c1-12-4-8-5-14(7-13-8)6-9-2-3-10(11)15-9/h2-3,5,7,12H,4,6H2,1H3. The zero-order chi connectivity index (χ0) is 10.7. The van der Waals surface area contributed by atoms with Crippen molar-refractivity contribution in [3.05, 3.63) is 39.6 Å².